The zero-order valence-electron chi connectivity index (χ0n) is 13.3. The summed E-state index contributed by atoms with van der Waals surface area (Å²) < 4.78 is 0. The summed E-state index contributed by atoms with van der Waals surface area (Å²) in [6, 6.07) is 7.01. The molecule has 1 aromatic carbocycles. The van der Waals surface area contributed by atoms with Gasteiger partial charge in [0.1, 0.15) is 0 Å². The van der Waals surface area contributed by atoms with Gasteiger partial charge in [-0.25, -0.2) is 0 Å². The molecule has 0 saturated carbocycles. The number of rotatable bonds is 5. The average Bonchev–Trinajstić information content (AvgIpc) is 2.46. The smallest absolute Gasteiger partial charge is 0.0496 e. The molecular weight excluding hydrogens is 256 g/mol. The quantitative estimate of drug-likeness (QED) is 0.874. The van der Waals surface area contributed by atoms with Crippen LogP contribution < -0.4 is 5.32 Å². The van der Waals surface area contributed by atoms with E-state index in [1.54, 1.807) is 0 Å². The number of likely N-dealkylation sites (N-methyl/N-ethyl adjacent to an activating group) is 1. The van der Waals surface area contributed by atoms with Crippen molar-refractivity contribution in [1.82, 2.24) is 10.2 Å². The summed E-state index contributed by atoms with van der Waals surface area (Å²) in [5.41, 5.74) is 6.06. The van der Waals surface area contributed by atoms with Crippen LogP contribution in [0.1, 0.15) is 36.5 Å². The molecule has 1 aliphatic heterocycles. The van der Waals surface area contributed by atoms with Crippen LogP contribution in [0.15, 0.2) is 49.3 Å². The number of piperidine rings is 1. The number of hydrogen-bond acceptors (Lipinski definition) is 2. The Morgan fingerprint density at radius 3 is 2.76 bits per heavy atom. The summed E-state index contributed by atoms with van der Waals surface area (Å²) in [5.74, 6) is 0. The Hall–Kier alpha value is -1.80. The zero-order chi connectivity index (χ0) is 15.4. The number of hydrogen-bond donors (Lipinski definition) is 1. The molecule has 0 aromatic heterocycles. The van der Waals surface area contributed by atoms with E-state index >= 15 is 0 Å². The van der Waals surface area contributed by atoms with Crippen LogP contribution in [-0.4, -0.2) is 18.0 Å². The van der Waals surface area contributed by atoms with E-state index in [4.69, 9.17) is 0 Å². The molecule has 1 heterocycles. The number of nitrogens with one attached hydrogen (secondary N) is 1. The second kappa shape index (κ2) is 6.77. The average molecular weight is 282 g/mol. The lowest BCUT2D eigenvalue weighted by Gasteiger charge is -2.35. The first-order valence-corrected chi connectivity index (χ1v) is 7.63. The highest BCUT2D eigenvalue weighted by molar-refractivity contribution is 5.53. The second-order valence-corrected chi connectivity index (χ2v) is 5.81. The molecule has 1 aromatic rings. The molecule has 1 unspecified atom stereocenters. The molecule has 0 aliphatic carbocycles. The van der Waals surface area contributed by atoms with Crippen molar-refractivity contribution in [1.29, 1.82) is 0 Å². The van der Waals surface area contributed by atoms with Gasteiger partial charge in [0.15, 0.2) is 0 Å². The molecule has 0 radical (unpaired) electrons. The van der Waals surface area contributed by atoms with Crippen molar-refractivity contribution in [3.8, 4) is 0 Å². The van der Waals surface area contributed by atoms with Crippen LogP contribution in [0.25, 0.3) is 6.08 Å². The van der Waals surface area contributed by atoms with E-state index in [1.807, 2.05) is 6.08 Å². The van der Waals surface area contributed by atoms with E-state index in [-0.39, 0.29) is 0 Å². The van der Waals surface area contributed by atoms with Crippen LogP contribution in [0.3, 0.4) is 0 Å². The monoisotopic (exact) mass is 282 g/mol. The van der Waals surface area contributed by atoms with Gasteiger partial charge in [-0.1, -0.05) is 50.9 Å². The molecule has 0 spiro atoms. The van der Waals surface area contributed by atoms with Gasteiger partial charge in [-0.3, -0.25) is 4.90 Å². The summed E-state index contributed by atoms with van der Waals surface area (Å²) in [6.45, 7) is 15.2. The number of aryl methyl sites for hydroxylation is 1. The van der Waals surface area contributed by atoms with E-state index in [9.17, 15) is 0 Å². The Kier molecular flexibility index (Phi) is 5.03. The fourth-order valence-electron chi connectivity index (χ4n) is 2.94. The highest BCUT2D eigenvalue weighted by atomic mass is 15.2. The van der Waals surface area contributed by atoms with E-state index in [0.29, 0.717) is 6.04 Å². The van der Waals surface area contributed by atoms with Gasteiger partial charge < -0.3 is 5.32 Å². The predicted molar refractivity (Wildman–Crippen MR) is 91.8 cm³/mol. The van der Waals surface area contributed by atoms with E-state index in [1.165, 1.54) is 16.7 Å². The normalized spacial score (nSPS) is 18.7. The summed E-state index contributed by atoms with van der Waals surface area (Å²) in [5, 5.41) is 3.30. The predicted octanol–water partition coefficient (Wildman–Crippen LogP) is 4.10. The summed E-state index contributed by atoms with van der Waals surface area (Å²) in [6.07, 6.45) is 5.10. The van der Waals surface area contributed by atoms with Gasteiger partial charge in [-0.15, -0.1) is 0 Å². The molecule has 1 atom stereocenters. The van der Waals surface area contributed by atoms with E-state index < -0.39 is 0 Å². The largest absolute Gasteiger partial charge is 0.362 e. The third kappa shape index (κ3) is 3.64. The summed E-state index contributed by atoms with van der Waals surface area (Å²) in [4.78, 5) is 2.36. The van der Waals surface area contributed by atoms with E-state index in [2.05, 4.69) is 62.1 Å². The van der Waals surface area contributed by atoms with Crippen LogP contribution in [0.2, 0.25) is 0 Å². The summed E-state index contributed by atoms with van der Waals surface area (Å²) in [7, 11) is 2.16. The molecule has 2 heteroatoms. The van der Waals surface area contributed by atoms with Gasteiger partial charge in [0.2, 0.25) is 0 Å². The second-order valence-electron chi connectivity index (χ2n) is 5.81. The molecule has 0 bridgehead atoms. The third-order valence-corrected chi connectivity index (χ3v) is 4.25. The Balaban J connectivity index is 2.15. The molecule has 21 heavy (non-hydrogen) atoms. The SMILES string of the molecule is C=Cc1ccc(CC)cc1CN(C)C1CCC(=C)NC1=C. The molecule has 1 fully saturated rings. The molecule has 0 amide bonds. The van der Waals surface area contributed by atoms with Crippen LogP contribution in [-0.2, 0) is 13.0 Å². The maximum absolute atomic E-state index is 4.15. The lowest BCUT2D eigenvalue weighted by atomic mass is 9.98. The van der Waals surface area contributed by atoms with Gasteiger partial charge in [0.05, 0.1) is 0 Å². The van der Waals surface area contributed by atoms with Gasteiger partial charge in [-0.2, -0.15) is 0 Å². The molecule has 112 valence electrons. The van der Waals surface area contributed by atoms with Crippen molar-refractivity contribution in [3.05, 3.63) is 66.0 Å². The highest BCUT2D eigenvalue weighted by Gasteiger charge is 2.23. The molecule has 1 saturated heterocycles. The first-order chi connectivity index (χ1) is 10.0. The molecule has 1 N–H and O–H groups in total. The zero-order valence-corrected chi connectivity index (χ0v) is 13.3. The van der Waals surface area contributed by atoms with Crippen molar-refractivity contribution >= 4 is 6.08 Å². The number of nitrogens with zero attached hydrogens (tertiary/aromatic N) is 1. The van der Waals surface area contributed by atoms with Gasteiger partial charge in [0, 0.05) is 24.0 Å². The fourth-order valence-corrected chi connectivity index (χ4v) is 2.94. The topological polar surface area (TPSA) is 15.3 Å². The van der Waals surface area contributed by atoms with Crippen molar-refractivity contribution in [3.63, 3.8) is 0 Å². The van der Waals surface area contributed by atoms with Crippen LogP contribution in [0, 0.1) is 0 Å². The Morgan fingerprint density at radius 1 is 1.38 bits per heavy atom. The minimum atomic E-state index is 0.360. The summed E-state index contributed by atoms with van der Waals surface area (Å²) >= 11 is 0. The third-order valence-electron chi connectivity index (χ3n) is 4.25. The number of allylic oxidation sites excluding steroid dienone is 1. The van der Waals surface area contributed by atoms with Crippen molar-refractivity contribution < 1.29 is 0 Å². The minimum absolute atomic E-state index is 0.360. The number of benzene rings is 1. The highest BCUT2D eigenvalue weighted by Crippen LogP contribution is 2.24. The lowest BCUT2D eigenvalue weighted by molar-refractivity contribution is 0.235. The van der Waals surface area contributed by atoms with Gasteiger partial charge in [0.25, 0.3) is 0 Å². The van der Waals surface area contributed by atoms with Crippen LogP contribution in [0.4, 0.5) is 0 Å². The van der Waals surface area contributed by atoms with Gasteiger partial charge in [-0.05, 0) is 43.0 Å². The molecular formula is C19H26N2. The van der Waals surface area contributed by atoms with Crippen LogP contribution in [0.5, 0.6) is 0 Å². The van der Waals surface area contributed by atoms with Crippen molar-refractivity contribution in [2.75, 3.05) is 7.05 Å². The maximum Gasteiger partial charge on any atom is 0.0496 e. The first-order valence-electron chi connectivity index (χ1n) is 7.63. The fraction of sp³-hybridized carbons (Fsp3) is 0.368. The standard InChI is InChI=1S/C19H26N2/c1-6-16-9-10-17(7-2)18(12-16)13-21(5)19-11-8-14(3)20-15(19)4/h7,9-10,12,19-20H,2-4,6,8,11,13H2,1,5H3. The van der Waals surface area contributed by atoms with Crippen molar-refractivity contribution in [2.24, 2.45) is 0 Å². The maximum atomic E-state index is 4.15. The molecule has 2 nitrogen and oxygen atoms in total. The minimum Gasteiger partial charge on any atom is -0.362 e. The Labute approximate surface area is 128 Å². The Morgan fingerprint density at radius 2 is 2.14 bits per heavy atom. The first kappa shape index (κ1) is 15.6. The van der Waals surface area contributed by atoms with Gasteiger partial charge >= 0.3 is 0 Å². The van der Waals surface area contributed by atoms with Crippen molar-refractivity contribution in [2.45, 2.75) is 38.8 Å². The van der Waals surface area contributed by atoms with E-state index in [0.717, 1.165) is 37.2 Å². The Bertz CT molecular complexity index is 557. The lowest BCUT2D eigenvalue weighted by Crippen LogP contribution is -2.40. The molecule has 1 aliphatic rings. The van der Waals surface area contributed by atoms with Crippen LogP contribution >= 0.6 is 0 Å². The molecule has 2 rings (SSSR count).